The maximum absolute atomic E-state index is 11.9. The Hall–Kier alpha value is -1.60. The van der Waals surface area contributed by atoms with Gasteiger partial charge in [-0.1, -0.05) is 35.0 Å². The summed E-state index contributed by atoms with van der Waals surface area (Å²) in [5.74, 6) is -1.05. The monoisotopic (exact) mass is 415 g/mol. The van der Waals surface area contributed by atoms with Crippen molar-refractivity contribution in [2.45, 2.75) is 64.9 Å². The average Bonchev–Trinajstić information content (AvgIpc) is 2.49. The van der Waals surface area contributed by atoms with E-state index in [1.165, 1.54) is 0 Å². The largest absolute Gasteiger partial charge is 0.479 e. The van der Waals surface area contributed by atoms with Crippen molar-refractivity contribution in [1.29, 1.82) is 0 Å². The lowest BCUT2D eigenvalue weighted by atomic mass is 10.1. The lowest BCUT2D eigenvalue weighted by Crippen LogP contribution is -2.42. The molecule has 2 atom stereocenters. The summed E-state index contributed by atoms with van der Waals surface area (Å²) in [6.07, 6.45) is -0.827. The zero-order valence-electron chi connectivity index (χ0n) is 15.0. The van der Waals surface area contributed by atoms with Crippen LogP contribution in [0, 0.1) is 0 Å². The van der Waals surface area contributed by atoms with Gasteiger partial charge >= 0.3 is 12.1 Å². The van der Waals surface area contributed by atoms with E-state index in [0.717, 1.165) is 10.0 Å². The van der Waals surface area contributed by atoms with Gasteiger partial charge in [-0.3, -0.25) is 0 Å². The zero-order valence-corrected chi connectivity index (χ0v) is 16.6. The molecule has 1 aromatic carbocycles. The van der Waals surface area contributed by atoms with Crippen molar-refractivity contribution in [3.63, 3.8) is 0 Å². The number of alkyl carbamates (subject to hydrolysis) is 1. The van der Waals surface area contributed by atoms with Crippen LogP contribution in [0.1, 0.15) is 46.1 Å². The van der Waals surface area contributed by atoms with Crippen molar-refractivity contribution in [3.8, 4) is 0 Å². The van der Waals surface area contributed by atoms with Crippen molar-refractivity contribution in [2.24, 2.45) is 0 Å². The second-order valence-corrected chi connectivity index (χ2v) is 7.67. The molecule has 0 bridgehead atoms. The molecule has 1 aromatic rings. The molecule has 2 unspecified atom stereocenters. The Bertz CT molecular complexity index is 568. The first-order chi connectivity index (χ1) is 11.6. The number of carbonyl (C=O) groups is 2. The number of carbonyl (C=O) groups excluding carboxylic acids is 1. The van der Waals surface area contributed by atoms with Crippen LogP contribution in [-0.4, -0.2) is 34.9 Å². The number of carboxylic acids is 1. The lowest BCUT2D eigenvalue weighted by Gasteiger charge is -2.24. The molecule has 0 radical (unpaired) electrons. The molecule has 1 rings (SSSR count). The van der Waals surface area contributed by atoms with Crippen LogP contribution in [0.5, 0.6) is 0 Å². The van der Waals surface area contributed by atoms with E-state index in [2.05, 4.69) is 21.2 Å². The fourth-order valence-electron chi connectivity index (χ4n) is 2.08. The Labute approximate surface area is 157 Å². The van der Waals surface area contributed by atoms with E-state index in [-0.39, 0.29) is 19.1 Å². The first-order valence-corrected chi connectivity index (χ1v) is 8.98. The third-order valence-electron chi connectivity index (χ3n) is 3.35. The second kappa shape index (κ2) is 9.77. The van der Waals surface area contributed by atoms with Gasteiger partial charge in [-0.2, -0.15) is 0 Å². The highest BCUT2D eigenvalue weighted by atomic mass is 79.9. The summed E-state index contributed by atoms with van der Waals surface area (Å²) in [6, 6.07) is 7.11. The predicted molar refractivity (Wildman–Crippen MR) is 98.4 cm³/mol. The Morgan fingerprint density at radius 1 is 1.24 bits per heavy atom. The number of halogens is 1. The third kappa shape index (κ3) is 8.88. The molecule has 0 saturated heterocycles. The molecule has 7 heteroatoms. The molecule has 0 saturated carbocycles. The van der Waals surface area contributed by atoms with E-state index in [0.29, 0.717) is 6.42 Å². The number of hydrogen-bond acceptors (Lipinski definition) is 4. The first kappa shape index (κ1) is 21.4. The minimum atomic E-state index is -1.05. The third-order valence-corrected chi connectivity index (χ3v) is 3.88. The van der Waals surface area contributed by atoms with Crippen LogP contribution in [0.2, 0.25) is 0 Å². The normalized spacial score (nSPS) is 13.8. The van der Waals surface area contributed by atoms with Crippen molar-refractivity contribution in [2.75, 3.05) is 0 Å². The van der Waals surface area contributed by atoms with Crippen molar-refractivity contribution < 1.29 is 24.2 Å². The van der Waals surface area contributed by atoms with Gasteiger partial charge in [-0.05, 0) is 44.9 Å². The number of nitrogens with one attached hydrogen (secondary N) is 1. The lowest BCUT2D eigenvalue weighted by molar-refractivity contribution is -0.152. The minimum Gasteiger partial charge on any atom is -0.479 e. The number of hydrogen-bond donors (Lipinski definition) is 2. The number of ether oxygens (including phenoxy) is 2. The summed E-state index contributed by atoms with van der Waals surface area (Å²) in [7, 11) is 0. The van der Waals surface area contributed by atoms with E-state index in [4.69, 9.17) is 9.47 Å². The summed E-state index contributed by atoms with van der Waals surface area (Å²) in [6.45, 7) is 7.38. The quantitative estimate of drug-likeness (QED) is 0.666. The topological polar surface area (TPSA) is 84.9 Å². The van der Waals surface area contributed by atoms with Crippen LogP contribution in [0.4, 0.5) is 4.79 Å². The predicted octanol–water partition coefficient (Wildman–Crippen LogP) is 4.11. The average molecular weight is 416 g/mol. The molecule has 0 fully saturated rings. The SMILES string of the molecule is CCC(CC(OCc1ccc(Br)cc1)C(=O)O)NC(=O)OC(C)(C)C. The minimum absolute atomic E-state index is 0.168. The zero-order chi connectivity index (χ0) is 19.0. The standard InChI is InChI=1S/C18H26BrNO5/c1-5-14(20-17(23)25-18(2,3)4)10-15(16(21)22)24-11-12-6-8-13(19)9-7-12/h6-9,14-15H,5,10-11H2,1-4H3,(H,20,23)(H,21,22). The molecular weight excluding hydrogens is 390 g/mol. The number of aliphatic carboxylic acids is 1. The van der Waals surface area contributed by atoms with Gasteiger partial charge in [0, 0.05) is 16.9 Å². The van der Waals surface area contributed by atoms with Gasteiger partial charge < -0.3 is 19.9 Å². The van der Waals surface area contributed by atoms with Crippen LogP contribution in [0.25, 0.3) is 0 Å². The van der Waals surface area contributed by atoms with Gasteiger partial charge in [0.2, 0.25) is 0 Å². The molecule has 0 aliphatic heterocycles. The molecule has 0 aromatic heterocycles. The summed E-state index contributed by atoms with van der Waals surface area (Å²) >= 11 is 3.35. The summed E-state index contributed by atoms with van der Waals surface area (Å²) in [5.41, 5.74) is 0.273. The van der Waals surface area contributed by atoms with E-state index < -0.39 is 23.8 Å². The van der Waals surface area contributed by atoms with Gasteiger partial charge in [0.25, 0.3) is 0 Å². The summed E-state index contributed by atoms with van der Waals surface area (Å²) in [4.78, 5) is 23.3. The molecular formula is C18H26BrNO5. The summed E-state index contributed by atoms with van der Waals surface area (Å²) < 4.78 is 11.7. The van der Waals surface area contributed by atoms with E-state index in [1.807, 2.05) is 31.2 Å². The molecule has 25 heavy (non-hydrogen) atoms. The van der Waals surface area contributed by atoms with E-state index >= 15 is 0 Å². The van der Waals surface area contributed by atoms with Crippen LogP contribution in [0.15, 0.2) is 28.7 Å². The second-order valence-electron chi connectivity index (χ2n) is 6.75. The van der Waals surface area contributed by atoms with E-state index in [1.54, 1.807) is 20.8 Å². The van der Waals surface area contributed by atoms with Crippen LogP contribution in [0.3, 0.4) is 0 Å². The fourth-order valence-corrected chi connectivity index (χ4v) is 2.34. The number of benzene rings is 1. The van der Waals surface area contributed by atoms with Crippen LogP contribution >= 0.6 is 15.9 Å². The maximum atomic E-state index is 11.9. The Kier molecular flexibility index (Phi) is 8.38. The fraction of sp³-hybridized carbons (Fsp3) is 0.556. The van der Waals surface area contributed by atoms with Crippen molar-refractivity contribution in [3.05, 3.63) is 34.3 Å². The Morgan fingerprint density at radius 3 is 2.32 bits per heavy atom. The molecule has 0 aliphatic carbocycles. The number of rotatable bonds is 8. The number of amides is 1. The maximum Gasteiger partial charge on any atom is 0.407 e. The molecule has 0 spiro atoms. The molecule has 140 valence electrons. The molecule has 0 aliphatic rings. The summed E-state index contributed by atoms with van der Waals surface area (Å²) in [5, 5.41) is 12.1. The Balaban J connectivity index is 2.60. The molecule has 6 nitrogen and oxygen atoms in total. The number of carboxylic acid groups (broad SMARTS) is 1. The first-order valence-electron chi connectivity index (χ1n) is 8.19. The molecule has 0 heterocycles. The highest BCUT2D eigenvalue weighted by Gasteiger charge is 2.25. The highest BCUT2D eigenvalue weighted by molar-refractivity contribution is 9.10. The molecule has 1 amide bonds. The smallest absolute Gasteiger partial charge is 0.407 e. The van der Waals surface area contributed by atoms with Gasteiger partial charge in [-0.15, -0.1) is 0 Å². The van der Waals surface area contributed by atoms with E-state index in [9.17, 15) is 14.7 Å². The Morgan fingerprint density at radius 2 is 1.84 bits per heavy atom. The van der Waals surface area contributed by atoms with Crippen molar-refractivity contribution in [1.82, 2.24) is 5.32 Å². The van der Waals surface area contributed by atoms with Gasteiger partial charge in [-0.25, -0.2) is 9.59 Å². The van der Waals surface area contributed by atoms with Crippen LogP contribution in [-0.2, 0) is 20.9 Å². The van der Waals surface area contributed by atoms with Gasteiger partial charge in [0.1, 0.15) is 5.60 Å². The van der Waals surface area contributed by atoms with Gasteiger partial charge in [0.15, 0.2) is 6.10 Å². The van der Waals surface area contributed by atoms with Gasteiger partial charge in [0.05, 0.1) is 6.61 Å². The van der Waals surface area contributed by atoms with Crippen LogP contribution < -0.4 is 5.32 Å². The molecule has 2 N–H and O–H groups in total. The van der Waals surface area contributed by atoms with Crippen molar-refractivity contribution >= 4 is 28.0 Å². The highest BCUT2D eigenvalue weighted by Crippen LogP contribution is 2.14.